The summed E-state index contributed by atoms with van der Waals surface area (Å²) in [6.07, 6.45) is 0.869. The molecule has 0 aromatic heterocycles. The maximum absolute atomic E-state index is 12.5. The molecule has 0 unspecified atom stereocenters. The number of anilines is 2. The molecule has 0 radical (unpaired) electrons. The Balaban J connectivity index is 1.65. The first-order valence-corrected chi connectivity index (χ1v) is 8.56. The summed E-state index contributed by atoms with van der Waals surface area (Å²) in [4.78, 5) is 26.2. The predicted octanol–water partition coefficient (Wildman–Crippen LogP) is 3.87. The van der Waals surface area contributed by atoms with Crippen molar-refractivity contribution in [2.24, 2.45) is 5.92 Å². The van der Waals surface area contributed by atoms with Crippen LogP contribution in [-0.4, -0.2) is 23.4 Å². The molecular weight excluding hydrogens is 314 g/mol. The number of benzene rings is 2. The number of urea groups is 1. The van der Waals surface area contributed by atoms with Gasteiger partial charge in [0.05, 0.1) is 0 Å². The summed E-state index contributed by atoms with van der Waals surface area (Å²) in [5, 5.41) is 5.76. The van der Waals surface area contributed by atoms with Gasteiger partial charge in [-0.2, -0.15) is 0 Å². The smallest absolute Gasteiger partial charge is 0.322 e. The molecule has 0 saturated heterocycles. The van der Waals surface area contributed by atoms with Gasteiger partial charge < -0.3 is 15.5 Å². The fourth-order valence-corrected chi connectivity index (χ4v) is 2.83. The van der Waals surface area contributed by atoms with Gasteiger partial charge in [-0.15, -0.1) is 0 Å². The standard InChI is InChI=1S/C20H23N3O2/c1-14(2)19(24)21-17-8-5-9-18(12-17)22-20(25)23-11-10-15-6-3-4-7-16(15)13-23/h3-9,12,14H,10-11,13H2,1-2H3,(H,21,24)(H,22,25). The number of hydrogen-bond acceptors (Lipinski definition) is 2. The number of fused-ring (bicyclic) bond motifs is 1. The van der Waals surface area contributed by atoms with E-state index in [0.717, 1.165) is 6.42 Å². The van der Waals surface area contributed by atoms with Crippen molar-refractivity contribution in [2.45, 2.75) is 26.8 Å². The molecule has 2 aromatic carbocycles. The third kappa shape index (κ3) is 4.18. The SMILES string of the molecule is CC(C)C(=O)Nc1cccc(NC(=O)N2CCc3ccccc3C2)c1. The van der Waals surface area contributed by atoms with Gasteiger partial charge in [0.1, 0.15) is 0 Å². The fourth-order valence-electron chi connectivity index (χ4n) is 2.83. The number of rotatable bonds is 3. The number of amides is 3. The summed E-state index contributed by atoms with van der Waals surface area (Å²) in [7, 11) is 0. The average molecular weight is 337 g/mol. The first-order valence-electron chi connectivity index (χ1n) is 8.56. The molecule has 0 aliphatic carbocycles. The highest BCUT2D eigenvalue weighted by molar-refractivity contribution is 5.94. The quantitative estimate of drug-likeness (QED) is 0.893. The zero-order chi connectivity index (χ0) is 17.8. The molecule has 1 aliphatic heterocycles. The number of carbonyl (C=O) groups excluding carboxylic acids is 2. The van der Waals surface area contributed by atoms with E-state index in [2.05, 4.69) is 22.8 Å². The summed E-state index contributed by atoms with van der Waals surface area (Å²) in [5.74, 6) is -0.136. The Morgan fingerprint density at radius 1 is 0.960 bits per heavy atom. The molecule has 3 rings (SSSR count). The lowest BCUT2D eigenvalue weighted by Crippen LogP contribution is -2.38. The Morgan fingerprint density at radius 2 is 1.64 bits per heavy atom. The largest absolute Gasteiger partial charge is 0.326 e. The van der Waals surface area contributed by atoms with E-state index in [1.807, 2.05) is 49.1 Å². The minimum atomic E-state index is -0.123. The van der Waals surface area contributed by atoms with Gasteiger partial charge in [-0.3, -0.25) is 4.79 Å². The van der Waals surface area contributed by atoms with Crippen LogP contribution in [0, 0.1) is 5.92 Å². The van der Waals surface area contributed by atoms with Crippen molar-refractivity contribution < 1.29 is 9.59 Å². The molecule has 25 heavy (non-hydrogen) atoms. The first kappa shape index (κ1) is 17.0. The lowest BCUT2D eigenvalue weighted by molar-refractivity contribution is -0.118. The van der Waals surface area contributed by atoms with E-state index in [1.165, 1.54) is 11.1 Å². The molecule has 3 amide bonds. The Morgan fingerprint density at radius 3 is 2.36 bits per heavy atom. The molecular formula is C20H23N3O2. The summed E-state index contributed by atoms with van der Waals surface area (Å²) in [6, 6.07) is 15.3. The Bertz CT molecular complexity index is 786. The monoisotopic (exact) mass is 337 g/mol. The zero-order valence-electron chi connectivity index (χ0n) is 14.6. The molecule has 0 spiro atoms. The van der Waals surface area contributed by atoms with Crippen LogP contribution < -0.4 is 10.6 Å². The number of nitrogens with zero attached hydrogens (tertiary/aromatic N) is 1. The van der Waals surface area contributed by atoms with Crippen LogP contribution in [0.3, 0.4) is 0 Å². The normalized spacial score (nSPS) is 13.3. The fraction of sp³-hybridized carbons (Fsp3) is 0.300. The van der Waals surface area contributed by atoms with Crippen LogP contribution >= 0.6 is 0 Å². The van der Waals surface area contributed by atoms with Crippen LogP contribution in [0.5, 0.6) is 0 Å². The molecule has 2 N–H and O–H groups in total. The van der Waals surface area contributed by atoms with Crippen molar-refractivity contribution in [1.29, 1.82) is 0 Å². The van der Waals surface area contributed by atoms with Crippen LogP contribution in [-0.2, 0) is 17.8 Å². The van der Waals surface area contributed by atoms with Crippen molar-refractivity contribution in [3.8, 4) is 0 Å². The minimum absolute atomic E-state index is 0.0453. The van der Waals surface area contributed by atoms with E-state index in [4.69, 9.17) is 0 Å². The van der Waals surface area contributed by atoms with Gasteiger partial charge in [-0.05, 0) is 35.7 Å². The molecule has 0 fully saturated rings. The summed E-state index contributed by atoms with van der Waals surface area (Å²) >= 11 is 0. The van der Waals surface area contributed by atoms with Gasteiger partial charge in [-0.1, -0.05) is 44.2 Å². The van der Waals surface area contributed by atoms with Crippen LogP contribution in [0.15, 0.2) is 48.5 Å². The molecule has 130 valence electrons. The maximum atomic E-state index is 12.5. The zero-order valence-corrected chi connectivity index (χ0v) is 14.6. The van der Waals surface area contributed by atoms with E-state index in [9.17, 15) is 9.59 Å². The minimum Gasteiger partial charge on any atom is -0.326 e. The first-order chi connectivity index (χ1) is 12.0. The summed E-state index contributed by atoms with van der Waals surface area (Å²) in [5.41, 5.74) is 3.86. The van der Waals surface area contributed by atoms with Gasteiger partial charge in [-0.25, -0.2) is 4.79 Å². The van der Waals surface area contributed by atoms with Gasteiger partial charge in [0, 0.05) is 30.4 Å². The van der Waals surface area contributed by atoms with Gasteiger partial charge in [0.25, 0.3) is 0 Å². The topological polar surface area (TPSA) is 61.4 Å². The third-order valence-electron chi connectivity index (χ3n) is 4.32. The average Bonchev–Trinajstić information content (AvgIpc) is 2.61. The van der Waals surface area contributed by atoms with Crippen molar-refractivity contribution in [1.82, 2.24) is 4.90 Å². The molecule has 0 atom stereocenters. The summed E-state index contributed by atoms with van der Waals surface area (Å²) < 4.78 is 0. The van der Waals surface area contributed by atoms with E-state index in [1.54, 1.807) is 6.07 Å². The Hall–Kier alpha value is -2.82. The third-order valence-corrected chi connectivity index (χ3v) is 4.32. The van der Waals surface area contributed by atoms with Crippen molar-refractivity contribution in [2.75, 3.05) is 17.2 Å². The van der Waals surface area contributed by atoms with E-state index < -0.39 is 0 Å². The second kappa shape index (κ2) is 7.38. The Labute approximate surface area is 148 Å². The number of nitrogens with one attached hydrogen (secondary N) is 2. The van der Waals surface area contributed by atoms with Crippen LogP contribution in [0.4, 0.5) is 16.2 Å². The second-order valence-corrected chi connectivity index (χ2v) is 6.60. The number of hydrogen-bond donors (Lipinski definition) is 2. The highest BCUT2D eigenvalue weighted by Gasteiger charge is 2.20. The molecule has 2 aromatic rings. The van der Waals surface area contributed by atoms with E-state index in [-0.39, 0.29) is 17.9 Å². The van der Waals surface area contributed by atoms with Gasteiger partial charge in [0.2, 0.25) is 5.91 Å². The molecule has 5 nitrogen and oxygen atoms in total. The molecule has 1 heterocycles. The Kier molecular flexibility index (Phi) is 5.03. The highest BCUT2D eigenvalue weighted by atomic mass is 16.2. The van der Waals surface area contributed by atoms with Gasteiger partial charge >= 0.3 is 6.03 Å². The van der Waals surface area contributed by atoms with Crippen LogP contribution in [0.2, 0.25) is 0 Å². The predicted molar refractivity (Wildman–Crippen MR) is 99.5 cm³/mol. The second-order valence-electron chi connectivity index (χ2n) is 6.60. The lowest BCUT2D eigenvalue weighted by Gasteiger charge is -2.29. The van der Waals surface area contributed by atoms with Crippen LogP contribution in [0.25, 0.3) is 0 Å². The van der Waals surface area contributed by atoms with Crippen molar-refractivity contribution in [3.63, 3.8) is 0 Å². The molecule has 1 aliphatic rings. The van der Waals surface area contributed by atoms with E-state index in [0.29, 0.717) is 24.5 Å². The van der Waals surface area contributed by atoms with Gasteiger partial charge in [0.15, 0.2) is 0 Å². The molecule has 0 bridgehead atoms. The van der Waals surface area contributed by atoms with Crippen LogP contribution in [0.1, 0.15) is 25.0 Å². The lowest BCUT2D eigenvalue weighted by atomic mass is 10.0. The maximum Gasteiger partial charge on any atom is 0.322 e. The van der Waals surface area contributed by atoms with Crippen molar-refractivity contribution in [3.05, 3.63) is 59.7 Å². The molecule has 0 saturated carbocycles. The highest BCUT2D eigenvalue weighted by Crippen LogP contribution is 2.21. The molecule has 5 heteroatoms. The summed E-state index contributed by atoms with van der Waals surface area (Å²) in [6.45, 7) is 5.00. The van der Waals surface area contributed by atoms with E-state index >= 15 is 0 Å². The van der Waals surface area contributed by atoms with Crippen molar-refractivity contribution >= 4 is 23.3 Å². The number of carbonyl (C=O) groups is 2.